The lowest BCUT2D eigenvalue weighted by Crippen LogP contribution is -2.44. The van der Waals surface area contributed by atoms with Gasteiger partial charge in [-0.25, -0.2) is 9.59 Å². The van der Waals surface area contributed by atoms with Crippen LogP contribution in [-0.2, 0) is 20.9 Å². The molecule has 0 radical (unpaired) electrons. The minimum atomic E-state index is -1.13. The van der Waals surface area contributed by atoms with Crippen molar-refractivity contribution in [3.63, 3.8) is 0 Å². The first-order valence-electron chi connectivity index (χ1n) is 8.21. The summed E-state index contributed by atoms with van der Waals surface area (Å²) in [6.07, 6.45) is 1.53. The molecule has 3 amide bonds. The van der Waals surface area contributed by atoms with E-state index in [4.69, 9.17) is 16.3 Å². The monoisotopic (exact) mass is 386 g/mol. The number of ether oxygens (including phenoxy) is 1. The largest absolute Gasteiger partial charge is 0.449 e. The van der Waals surface area contributed by atoms with E-state index in [0.717, 1.165) is 5.56 Å². The molecule has 0 spiro atoms. The Bertz CT molecular complexity index is 837. The number of benzene rings is 2. The first kappa shape index (κ1) is 20.2. The van der Waals surface area contributed by atoms with Crippen molar-refractivity contribution in [2.24, 2.45) is 0 Å². The van der Waals surface area contributed by atoms with Gasteiger partial charge in [0.15, 0.2) is 6.10 Å². The lowest BCUT2D eigenvalue weighted by Gasteiger charge is -2.12. The maximum Gasteiger partial charge on any atom is 0.331 e. The minimum absolute atomic E-state index is 0.273. The zero-order valence-electron chi connectivity index (χ0n) is 14.6. The third kappa shape index (κ3) is 6.95. The Morgan fingerprint density at radius 1 is 1.07 bits per heavy atom. The highest BCUT2D eigenvalue weighted by atomic mass is 35.5. The Labute approximate surface area is 162 Å². The van der Waals surface area contributed by atoms with E-state index in [2.05, 4.69) is 10.6 Å². The van der Waals surface area contributed by atoms with Crippen LogP contribution in [0.1, 0.15) is 18.1 Å². The molecule has 2 aromatic carbocycles. The number of carbonyl (C=O) groups excluding carboxylic acids is 3. The number of nitrogens with one attached hydrogen (secondary N) is 2. The second-order valence-electron chi connectivity index (χ2n) is 5.59. The summed E-state index contributed by atoms with van der Waals surface area (Å²) in [5, 5.41) is 5.17. The van der Waals surface area contributed by atoms with Gasteiger partial charge in [0, 0.05) is 17.6 Å². The summed E-state index contributed by atoms with van der Waals surface area (Å²) in [4.78, 5) is 35.5. The van der Waals surface area contributed by atoms with Gasteiger partial charge in [0.2, 0.25) is 0 Å². The van der Waals surface area contributed by atoms with E-state index >= 15 is 0 Å². The topological polar surface area (TPSA) is 84.5 Å². The molecule has 0 fully saturated rings. The molecular formula is C20H19ClN2O4. The predicted octanol–water partition coefficient (Wildman–Crippen LogP) is 3.31. The van der Waals surface area contributed by atoms with E-state index in [1.165, 1.54) is 19.1 Å². The highest BCUT2D eigenvalue weighted by Gasteiger charge is 2.18. The quantitative estimate of drug-likeness (QED) is 0.589. The summed E-state index contributed by atoms with van der Waals surface area (Å²) >= 11 is 5.98. The standard InChI is InChI=1S/C20H19ClN2O4/c1-14(27-18(24)12-11-16-9-5-6-10-17(16)21)19(25)23-20(26)22-13-15-7-3-2-4-8-15/h2-12,14H,13H2,1H3,(H2,22,23,25,26)/b12-11+. The van der Waals surface area contributed by atoms with Gasteiger partial charge in [-0.05, 0) is 30.2 Å². The summed E-state index contributed by atoms with van der Waals surface area (Å²) in [6, 6.07) is 15.6. The highest BCUT2D eigenvalue weighted by Crippen LogP contribution is 2.16. The van der Waals surface area contributed by atoms with E-state index in [-0.39, 0.29) is 6.54 Å². The Kier molecular flexibility index (Phi) is 7.58. The molecule has 140 valence electrons. The van der Waals surface area contributed by atoms with E-state index in [0.29, 0.717) is 10.6 Å². The lowest BCUT2D eigenvalue weighted by molar-refractivity contribution is -0.149. The number of carbonyl (C=O) groups is 3. The lowest BCUT2D eigenvalue weighted by atomic mass is 10.2. The highest BCUT2D eigenvalue weighted by molar-refractivity contribution is 6.32. The van der Waals surface area contributed by atoms with Gasteiger partial charge in [-0.15, -0.1) is 0 Å². The zero-order valence-corrected chi connectivity index (χ0v) is 15.4. The predicted molar refractivity (Wildman–Crippen MR) is 103 cm³/mol. The molecule has 0 saturated heterocycles. The van der Waals surface area contributed by atoms with Crippen LogP contribution in [0.5, 0.6) is 0 Å². The molecule has 0 aliphatic carbocycles. The molecule has 1 atom stereocenters. The SMILES string of the molecule is CC(OC(=O)/C=C/c1ccccc1Cl)C(=O)NC(=O)NCc1ccccc1. The summed E-state index contributed by atoms with van der Waals surface area (Å²) in [5.41, 5.74) is 1.54. The second kappa shape index (κ2) is 10.1. The van der Waals surface area contributed by atoms with Gasteiger partial charge >= 0.3 is 12.0 Å². The number of urea groups is 1. The minimum Gasteiger partial charge on any atom is -0.449 e. The van der Waals surface area contributed by atoms with Crippen molar-refractivity contribution in [2.75, 3.05) is 0 Å². The fraction of sp³-hybridized carbons (Fsp3) is 0.150. The second-order valence-corrected chi connectivity index (χ2v) is 6.00. The molecule has 27 heavy (non-hydrogen) atoms. The van der Waals surface area contributed by atoms with Crippen molar-refractivity contribution < 1.29 is 19.1 Å². The first-order chi connectivity index (χ1) is 13.0. The Morgan fingerprint density at radius 3 is 2.44 bits per heavy atom. The molecule has 0 heterocycles. The molecule has 7 heteroatoms. The van der Waals surface area contributed by atoms with Crippen LogP contribution in [0.4, 0.5) is 4.79 Å². The molecule has 2 aromatic rings. The molecule has 0 aliphatic rings. The normalized spacial score (nSPS) is 11.6. The summed E-state index contributed by atoms with van der Waals surface area (Å²) in [7, 11) is 0. The van der Waals surface area contributed by atoms with Crippen molar-refractivity contribution in [1.29, 1.82) is 0 Å². The van der Waals surface area contributed by atoms with Crippen molar-refractivity contribution >= 4 is 35.6 Å². The molecule has 0 aromatic heterocycles. The summed E-state index contributed by atoms with van der Waals surface area (Å²) in [5.74, 6) is -1.44. The van der Waals surface area contributed by atoms with Crippen LogP contribution in [-0.4, -0.2) is 24.0 Å². The van der Waals surface area contributed by atoms with Crippen molar-refractivity contribution in [3.05, 3.63) is 76.8 Å². The van der Waals surface area contributed by atoms with Crippen LogP contribution in [0.2, 0.25) is 5.02 Å². The Hall–Kier alpha value is -3.12. The molecular weight excluding hydrogens is 368 g/mol. The molecule has 1 unspecified atom stereocenters. The van der Waals surface area contributed by atoms with Crippen LogP contribution in [0.25, 0.3) is 6.08 Å². The van der Waals surface area contributed by atoms with Gasteiger partial charge < -0.3 is 10.1 Å². The summed E-state index contributed by atoms with van der Waals surface area (Å²) in [6.45, 7) is 1.65. The van der Waals surface area contributed by atoms with Crippen LogP contribution in [0.15, 0.2) is 60.7 Å². The Morgan fingerprint density at radius 2 is 1.74 bits per heavy atom. The zero-order chi connectivity index (χ0) is 19.6. The number of hydrogen-bond acceptors (Lipinski definition) is 4. The van der Waals surface area contributed by atoms with Gasteiger partial charge in [-0.3, -0.25) is 10.1 Å². The van der Waals surface area contributed by atoms with Crippen LogP contribution < -0.4 is 10.6 Å². The fourth-order valence-corrected chi connectivity index (χ4v) is 2.27. The third-order valence-electron chi connectivity index (χ3n) is 3.50. The fourth-order valence-electron chi connectivity index (χ4n) is 2.07. The van der Waals surface area contributed by atoms with Gasteiger partial charge in [-0.1, -0.05) is 60.1 Å². The average molecular weight is 387 g/mol. The van der Waals surface area contributed by atoms with E-state index in [1.54, 1.807) is 24.3 Å². The number of halogens is 1. The molecule has 2 rings (SSSR count). The molecule has 2 N–H and O–H groups in total. The van der Waals surface area contributed by atoms with Gasteiger partial charge in [0.05, 0.1) is 0 Å². The van der Waals surface area contributed by atoms with E-state index in [9.17, 15) is 14.4 Å². The maximum atomic E-state index is 11.9. The average Bonchev–Trinajstić information content (AvgIpc) is 2.66. The van der Waals surface area contributed by atoms with Gasteiger partial charge in [0.1, 0.15) is 0 Å². The van der Waals surface area contributed by atoms with E-state index < -0.39 is 24.0 Å². The van der Waals surface area contributed by atoms with E-state index in [1.807, 2.05) is 30.3 Å². The maximum absolute atomic E-state index is 11.9. The molecule has 0 saturated carbocycles. The number of hydrogen-bond donors (Lipinski definition) is 2. The third-order valence-corrected chi connectivity index (χ3v) is 3.84. The first-order valence-corrected chi connectivity index (χ1v) is 8.59. The number of esters is 1. The Balaban J connectivity index is 1.78. The summed E-state index contributed by atoms with van der Waals surface area (Å²) < 4.78 is 4.98. The van der Waals surface area contributed by atoms with Crippen molar-refractivity contribution in [2.45, 2.75) is 19.6 Å². The molecule has 6 nitrogen and oxygen atoms in total. The van der Waals surface area contributed by atoms with Gasteiger partial charge in [0.25, 0.3) is 5.91 Å². The number of rotatable bonds is 6. The van der Waals surface area contributed by atoms with Crippen molar-refractivity contribution in [1.82, 2.24) is 10.6 Å². The van der Waals surface area contributed by atoms with Crippen molar-refractivity contribution in [3.8, 4) is 0 Å². The molecule has 0 bridgehead atoms. The van der Waals surface area contributed by atoms with Gasteiger partial charge in [-0.2, -0.15) is 0 Å². The van der Waals surface area contributed by atoms with Crippen LogP contribution in [0, 0.1) is 0 Å². The molecule has 0 aliphatic heterocycles. The smallest absolute Gasteiger partial charge is 0.331 e. The number of imide groups is 1. The van der Waals surface area contributed by atoms with Crippen LogP contribution >= 0.6 is 11.6 Å². The number of amides is 3. The van der Waals surface area contributed by atoms with Crippen LogP contribution in [0.3, 0.4) is 0 Å².